The van der Waals surface area contributed by atoms with E-state index >= 15 is 0 Å². The Morgan fingerprint density at radius 2 is 2.28 bits per heavy atom. The molecule has 2 rings (SSSR count). The smallest absolute Gasteiger partial charge is 0.223 e. The summed E-state index contributed by atoms with van der Waals surface area (Å²) in [5.74, 6) is 0.511. The van der Waals surface area contributed by atoms with E-state index in [9.17, 15) is 4.39 Å². The first-order valence-electron chi connectivity index (χ1n) is 5.53. The molecule has 2 N–H and O–H groups in total. The lowest BCUT2D eigenvalue weighted by molar-refractivity contribution is 0.272. The van der Waals surface area contributed by atoms with Crippen molar-refractivity contribution in [2.75, 3.05) is 0 Å². The Kier molecular flexibility index (Phi) is 3.57. The third kappa shape index (κ3) is 2.84. The van der Waals surface area contributed by atoms with Crippen LogP contribution in [0.5, 0.6) is 5.75 Å². The number of benzene rings is 1. The fraction of sp³-hybridized carbons (Fsp3) is 0.333. The number of rotatable bonds is 4. The van der Waals surface area contributed by atoms with Crippen molar-refractivity contribution in [3.8, 4) is 5.75 Å². The van der Waals surface area contributed by atoms with Crippen molar-refractivity contribution >= 4 is 0 Å². The molecule has 1 atom stereocenters. The third-order valence-electron chi connectivity index (χ3n) is 2.41. The van der Waals surface area contributed by atoms with Crippen LogP contribution < -0.4 is 10.5 Å². The third-order valence-corrected chi connectivity index (χ3v) is 2.41. The topological polar surface area (TPSA) is 74.2 Å². The van der Waals surface area contributed by atoms with Crippen LogP contribution in [-0.4, -0.2) is 10.1 Å². The first kappa shape index (κ1) is 12.5. The minimum Gasteiger partial charge on any atom is -0.482 e. The van der Waals surface area contributed by atoms with Crippen LogP contribution in [-0.2, 0) is 6.61 Å². The Hall–Kier alpha value is -1.95. The predicted molar refractivity (Wildman–Crippen MR) is 62.4 cm³/mol. The van der Waals surface area contributed by atoms with Crippen molar-refractivity contribution < 1.29 is 13.7 Å². The fourth-order valence-corrected chi connectivity index (χ4v) is 1.46. The van der Waals surface area contributed by atoms with Crippen LogP contribution in [0.3, 0.4) is 0 Å². The summed E-state index contributed by atoms with van der Waals surface area (Å²) in [6.07, 6.45) is 0. The molecule has 0 saturated carbocycles. The number of aromatic nitrogens is 2. The number of nitrogens with zero attached hydrogens (tertiary/aromatic N) is 2. The van der Waals surface area contributed by atoms with E-state index in [1.165, 1.54) is 6.07 Å². The molecule has 0 fully saturated rings. The molecular formula is C12H14FN3O2. The van der Waals surface area contributed by atoms with Gasteiger partial charge in [-0.2, -0.15) is 4.98 Å². The second kappa shape index (κ2) is 5.14. The van der Waals surface area contributed by atoms with Crippen LogP contribution in [0, 0.1) is 12.7 Å². The summed E-state index contributed by atoms with van der Waals surface area (Å²) < 4.78 is 23.7. The van der Waals surface area contributed by atoms with Gasteiger partial charge in [-0.3, -0.25) is 0 Å². The van der Waals surface area contributed by atoms with E-state index in [4.69, 9.17) is 15.0 Å². The molecule has 0 amide bonds. The molecule has 18 heavy (non-hydrogen) atoms. The second-order valence-electron chi connectivity index (χ2n) is 4.00. The maximum atomic E-state index is 13.7. The zero-order valence-corrected chi connectivity index (χ0v) is 10.2. The highest BCUT2D eigenvalue weighted by molar-refractivity contribution is 5.30. The van der Waals surface area contributed by atoms with Crippen LogP contribution in [0.25, 0.3) is 0 Å². The summed E-state index contributed by atoms with van der Waals surface area (Å²) in [4.78, 5) is 3.96. The number of ether oxygens (including phenoxy) is 1. The molecule has 2 aromatic rings. The lowest BCUT2D eigenvalue weighted by Crippen LogP contribution is -2.06. The van der Waals surface area contributed by atoms with Gasteiger partial charge in [0.1, 0.15) is 0 Å². The van der Waals surface area contributed by atoms with Gasteiger partial charge < -0.3 is 15.0 Å². The molecular weight excluding hydrogens is 237 g/mol. The van der Waals surface area contributed by atoms with Gasteiger partial charge >= 0.3 is 0 Å². The Labute approximate surface area is 104 Å². The number of nitrogens with two attached hydrogens (primary N) is 1. The van der Waals surface area contributed by atoms with Gasteiger partial charge in [-0.1, -0.05) is 11.2 Å². The van der Waals surface area contributed by atoms with Crippen LogP contribution in [0.1, 0.15) is 30.2 Å². The maximum Gasteiger partial charge on any atom is 0.223 e. The maximum absolute atomic E-state index is 13.7. The van der Waals surface area contributed by atoms with Crippen LogP contribution in [0.4, 0.5) is 4.39 Å². The fourth-order valence-electron chi connectivity index (χ4n) is 1.46. The number of hydrogen-bond acceptors (Lipinski definition) is 5. The summed E-state index contributed by atoms with van der Waals surface area (Å²) in [7, 11) is 0. The van der Waals surface area contributed by atoms with Crippen LogP contribution in [0.2, 0.25) is 0 Å². The van der Waals surface area contributed by atoms with E-state index in [1.54, 1.807) is 26.0 Å². The Balaban J connectivity index is 2.05. The van der Waals surface area contributed by atoms with Crippen molar-refractivity contribution in [2.24, 2.45) is 5.73 Å². The van der Waals surface area contributed by atoms with Gasteiger partial charge in [0.05, 0.1) is 0 Å². The van der Waals surface area contributed by atoms with Gasteiger partial charge in [0.2, 0.25) is 11.7 Å². The molecule has 0 spiro atoms. The van der Waals surface area contributed by atoms with E-state index in [1.807, 2.05) is 0 Å². The highest BCUT2D eigenvalue weighted by atomic mass is 19.1. The molecule has 6 heteroatoms. The lowest BCUT2D eigenvalue weighted by atomic mass is 10.1. The molecule has 0 radical (unpaired) electrons. The van der Waals surface area contributed by atoms with Gasteiger partial charge in [0.15, 0.2) is 18.2 Å². The molecule has 0 unspecified atom stereocenters. The quantitative estimate of drug-likeness (QED) is 0.900. The molecule has 0 aliphatic heterocycles. The van der Waals surface area contributed by atoms with Gasteiger partial charge in [0, 0.05) is 13.0 Å². The molecule has 96 valence electrons. The monoisotopic (exact) mass is 251 g/mol. The summed E-state index contributed by atoms with van der Waals surface area (Å²) in [6, 6.07) is 4.42. The van der Waals surface area contributed by atoms with Crippen LogP contribution in [0.15, 0.2) is 22.7 Å². The lowest BCUT2D eigenvalue weighted by Gasteiger charge is -2.09. The van der Waals surface area contributed by atoms with E-state index in [0.29, 0.717) is 11.7 Å². The van der Waals surface area contributed by atoms with Gasteiger partial charge in [-0.15, -0.1) is 0 Å². The minimum absolute atomic E-state index is 0.0613. The van der Waals surface area contributed by atoms with Crippen molar-refractivity contribution in [3.63, 3.8) is 0 Å². The first-order valence-corrected chi connectivity index (χ1v) is 5.53. The molecule has 1 heterocycles. The number of halogens is 1. The molecule has 5 nitrogen and oxygen atoms in total. The standard InChI is InChI=1S/C12H14FN3O2/c1-7(14)9-3-4-11(10(13)5-9)17-6-12-15-8(2)18-16-12/h3-5,7H,6,14H2,1-2H3/t7-/m1/s1. The Bertz CT molecular complexity index is 540. The van der Waals surface area contributed by atoms with Crippen molar-refractivity contribution in [2.45, 2.75) is 26.5 Å². The van der Waals surface area contributed by atoms with E-state index in [0.717, 1.165) is 5.56 Å². The normalized spacial score (nSPS) is 12.4. The van der Waals surface area contributed by atoms with Crippen LogP contribution >= 0.6 is 0 Å². The van der Waals surface area contributed by atoms with Crippen molar-refractivity contribution in [3.05, 3.63) is 41.3 Å². The number of hydrogen-bond donors (Lipinski definition) is 1. The van der Waals surface area contributed by atoms with Gasteiger partial charge in [0.25, 0.3) is 0 Å². The van der Waals surface area contributed by atoms with Crippen molar-refractivity contribution in [1.29, 1.82) is 0 Å². The number of aryl methyl sites for hydroxylation is 1. The molecule has 0 aliphatic rings. The summed E-state index contributed by atoms with van der Waals surface area (Å²) >= 11 is 0. The molecule has 1 aromatic carbocycles. The highest BCUT2D eigenvalue weighted by Gasteiger charge is 2.09. The Morgan fingerprint density at radius 3 is 2.83 bits per heavy atom. The van der Waals surface area contributed by atoms with Gasteiger partial charge in [-0.25, -0.2) is 4.39 Å². The van der Waals surface area contributed by atoms with E-state index in [-0.39, 0.29) is 18.4 Å². The average Bonchev–Trinajstić information content (AvgIpc) is 2.73. The second-order valence-corrected chi connectivity index (χ2v) is 4.00. The average molecular weight is 251 g/mol. The zero-order chi connectivity index (χ0) is 13.1. The Morgan fingerprint density at radius 1 is 1.50 bits per heavy atom. The van der Waals surface area contributed by atoms with Crippen molar-refractivity contribution in [1.82, 2.24) is 10.1 Å². The summed E-state index contributed by atoms with van der Waals surface area (Å²) in [6.45, 7) is 3.53. The largest absolute Gasteiger partial charge is 0.482 e. The summed E-state index contributed by atoms with van der Waals surface area (Å²) in [5.41, 5.74) is 6.38. The molecule has 1 aromatic heterocycles. The van der Waals surface area contributed by atoms with E-state index < -0.39 is 5.82 Å². The summed E-state index contributed by atoms with van der Waals surface area (Å²) in [5, 5.41) is 3.65. The first-order chi connectivity index (χ1) is 8.56. The molecule has 0 bridgehead atoms. The SMILES string of the molecule is Cc1nc(COc2ccc([C@@H](C)N)cc2F)no1. The predicted octanol–water partition coefficient (Wildman–Crippen LogP) is 2.12. The van der Waals surface area contributed by atoms with Gasteiger partial charge in [-0.05, 0) is 24.6 Å². The minimum atomic E-state index is -0.454. The highest BCUT2D eigenvalue weighted by Crippen LogP contribution is 2.21. The molecule has 0 saturated heterocycles. The molecule has 0 aliphatic carbocycles. The zero-order valence-electron chi connectivity index (χ0n) is 10.2. The van der Waals surface area contributed by atoms with E-state index in [2.05, 4.69) is 10.1 Å².